The van der Waals surface area contributed by atoms with Crippen LogP contribution in [0.4, 0.5) is 15.8 Å². The number of piperidine rings is 1. The average molecular weight is 778 g/mol. The molecule has 57 heavy (non-hydrogen) atoms. The number of hydrogen-bond donors (Lipinski definition) is 2. The number of nitrogens with one attached hydrogen (secondary N) is 2. The Kier molecular flexibility index (Phi) is 11.6. The van der Waals surface area contributed by atoms with Crippen molar-refractivity contribution < 1.29 is 32.8 Å². The molecule has 16 heteroatoms. The fraction of sp³-hybridized carbons (Fsp3) is 0.390. The number of carbonyl (C=O) groups is 5. The number of fused-ring (bicyclic) bond motifs is 1. The van der Waals surface area contributed by atoms with Crippen molar-refractivity contribution in [2.75, 3.05) is 63.6 Å². The highest BCUT2D eigenvalue weighted by Crippen LogP contribution is 2.31. The van der Waals surface area contributed by atoms with E-state index in [9.17, 15) is 24.0 Å². The molecule has 2 saturated heterocycles. The number of nitrogens with zero attached hydrogens (tertiary/aromatic N) is 7. The molecule has 15 nitrogen and oxygen atoms in total. The number of imide groups is 1. The summed E-state index contributed by atoms with van der Waals surface area (Å²) in [7, 11) is 3.31. The smallest absolute Gasteiger partial charge is 0.289 e. The molecule has 296 valence electrons. The van der Waals surface area contributed by atoms with Crippen LogP contribution in [0, 0.1) is 17.7 Å². The third-order valence-electron chi connectivity index (χ3n) is 10.3. The van der Waals surface area contributed by atoms with Crippen molar-refractivity contribution in [1.29, 1.82) is 0 Å². The molecule has 2 aromatic carbocycles. The van der Waals surface area contributed by atoms with Crippen molar-refractivity contribution >= 4 is 57.5 Å². The second kappa shape index (κ2) is 17.1. The highest BCUT2D eigenvalue weighted by atomic mass is 19.1. The maximum absolute atomic E-state index is 15.2. The van der Waals surface area contributed by atoms with E-state index in [1.54, 1.807) is 54.3 Å². The van der Waals surface area contributed by atoms with Gasteiger partial charge in [0.15, 0.2) is 11.3 Å². The largest absolute Gasteiger partial charge is 0.450 e. The van der Waals surface area contributed by atoms with E-state index in [4.69, 9.17) is 4.42 Å². The van der Waals surface area contributed by atoms with Crippen molar-refractivity contribution in [1.82, 2.24) is 35.0 Å². The summed E-state index contributed by atoms with van der Waals surface area (Å²) >= 11 is 0. The van der Waals surface area contributed by atoms with Crippen molar-refractivity contribution in [3.05, 3.63) is 77.6 Å². The summed E-state index contributed by atoms with van der Waals surface area (Å²) in [5, 5.41) is 13.7. The molecule has 1 unspecified atom stereocenters. The molecule has 0 bridgehead atoms. The van der Waals surface area contributed by atoms with Crippen LogP contribution in [0.15, 0.2) is 59.3 Å². The highest BCUT2D eigenvalue weighted by molar-refractivity contribution is 6.01. The van der Waals surface area contributed by atoms with E-state index in [1.807, 2.05) is 21.9 Å². The van der Waals surface area contributed by atoms with Gasteiger partial charge in [-0.05, 0) is 60.4 Å². The second-order valence-corrected chi connectivity index (χ2v) is 14.5. The Balaban J connectivity index is 0.972. The van der Waals surface area contributed by atoms with Crippen LogP contribution >= 0.6 is 0 Å². The van der Waals surface area contributed by atoms with Gasteiger partial charge in [0, 0.05) is 96.3 Å². The summed E-state index contributed by atoms with van der Waals surface area (Å²) in [5.74, 6) is 5.02. The number of rotatable bonds is 10. The van der Waals surface area contributed by atoms with Crippen LogP contribution in [-0.2, 0) is 25.7 Å². The molecule has 2 aromatic heterocycles. The SMILES string of the molecule is CN(C)C(=O)c1cc2cc(C3=CCCN(C(=O)CCn4ccnn4)C3)cc(C#CCCC(=O)N3CCN(c4ccc(NC5CCC(=O)NC5=O)cc4F)CC3)c2o1. The molecular weight excluding hydrogens is 734 g/mol. The minimum Gasteiger partial charge on any atom is -0.450 e. The molecular formula is C41H44FN9O6. The van der Waals surface area contributed by atoms with Gasteiger partial charge in [-0.2, -0.15) is 0 Å². The Morgan fingerprint density at radius 1 is 1.02 bits per heavy atom. The van der Waals surface area contributed by atoms with Gasteiger partial charge in [0.05, 0.1) is 24.0 Å². The van der Waals surface area contributed by atoms with Gasteiger partial charge < -0.3 is 29.3 Å². The van der Waals surface area contributed by atoms with Crippen molar-refractivity contribution in [2.45, 2.75) is 51.1 Å². The van der Waals surface area contributed by atoms with Gasteiger partial charge in [0.2, 0.25) is 23.6 Å². The molecule has 1 atom stereocenters. The van der Waals surface area contributed by atoms with Crippen LogP contribution in [0.1, 0.15) is 60.2 Å². The maximum atomic E-state index is 15.2. The monoisotopic (exact) mass is 777 g/mol. The number of anilines is 2. The first-order valence-electron chi connectivity index (χ1n) is 19.0. The summed E-state index contributed by atoms with van der Waals surface area (Å²) < 4.78 is 22.9. The van der Waals surface area contributed by atoms with Crippen molar-refractivity contribution in [3.63, 3.8) is 0 Å². The van der Waals surface area contributed by atoms with Crippen LogP contribution in [0.5, 0.6) is 0 Å². The molecule has 3 aliphatic heterocycles. The van der Waals surface area contributed by atoms with Crippen LogP contribution in [0.2, 0.25) is 0 Å². The first kappa shape index (κ1) is 38.8. The first-order valence-corrected chi connectivity index (χ1v) is 19.0. The van der Waals surface area contributed by atoms with Crippen LogP contribution in [0.3, 0.4) is 0 Å². The van der Waals surface area contributed by atoms with Crippen LogP contribution < -0.4 is 15.5 Å². The molecule has 4 aromatic rings. The standard InChI is InChI=1S/C41H44FN9O6/c1-47(2)41(56)35-24-30-23-29(28-7-5-15-50(26-28)38(54)13-16-51-17-14-43-46-51)22-27(39(30)57-35)6-3-4-8-37(53)49-20-18-48(19-21-49)34-11-9-31(25-32(34)42)44-33-10-12-36(52)45-40(33)55/h7,9,11,14,17,22-25,33,44H,4-5,8,10,12-13,15-16,18-21,26H2,1-2H3,(H,45,52,55). The number of amides is 5. The van der Waals surface area contributed by atoms with Gasteiger partial charge in [-0.1, -0.05) is 23.1 Å². The van der Waals surface area contributed by atoms with Gasteiger partial charge in [0.25, 0.3) is 5.91 Å². The van der Waals surface area contributed by atoms with Gasteiger partial charge in [-0.15, -0.1) is 5.10 Å². The summed E-state index contributed by atoms with van der Waals surface area (Å²) in [6.45, 7) is 3.24. The Bertz CT molecular complexity index is 2280. The Morgan fingerprint density at radius 2 is 1.82 bits per heavy atom. The fourth-order valence-corrected chi connectivity index (χ4v) is 7.21. The maximum Gasteiger partial charge on any atom is 0.289 e. The summed E-state index contributed by atoms with van der Waals surface area (Å²) in [6.07, 6.45) is 7.48. The van der Waals surface area contributed by atoms with Crippen LogP contribution in [-0.4, -0.2) is 119 Å². The molecule has 0 radical (unpaired) electrons. The predicted octanol–water partition coefficient (Wildman–Crippen LogP) is 3.27. The second-order valence-electron chi connectivity index (χ2n) is 14.5. The number of aryl methyl sites for hydroxylation is 1. The minimum atomic E-state index is -0.609. The molecule has 3 aliphatic rings. The Morgan fingerprint density at radius 3 is 2.56 bits per heavy atom. The lowest BCUT2D eigenvalue weighted by molar-refractivity contribution is -0.134. The zero-order valence-electron chi connectivity index (χ0n) is 31.9. The third kappa shape index (κ3) is 9.15. The van der Waals surface area contributed by atoms with Gasteiger partial charge in [-0.25, -0.2) is 4.39 Å². The Hall–Kier alpha value is -6.50. The predicted molar refractivity (Wildman–Crippen MR) is 209 cm³/mol. The van der Waals surface area contributed by atoms with E-state index in [0.29, 0.717) is 99.4 Å². The fourth-order valence-electron chi connectivity index (χ4n) is 7.21. The number of benzene rings is 2. The van der Waals surface area contributed by atoms with E-state index in [0.717, 1.165) is 11.1 Å². The minimum absolute atomic E-state index is 0.0212. The molecule has 2 N–H and O–H groups in total. The van der Waals surface area contributed by atoms with E-state index >= 15 is 4.39 Å². The number of furan rings is 1. The number of carbonyl (C=O) groups excluding carboxylic acids is 5. The van der Waals surface area contributed by atoms with Crippen LogP contribution in [0.25, 0.3) is 16.5 Å². The third-order valence-corrected chi connectivity index (χ3v) is 10.3. The number of piperazine rings is 1. The van der Waals surface area contributed by atoms with Gasteiger partial charge in [0.1, 0.15) is 11.9 Å². The molecule has 5 amide bonds. The molecule has 0 spiro atoms. The number of aromatic nitrogens is 3. The lowest BCUT2D eigenvalue weighted by atomic mass is 9.97. The molecule has 0 saturated carbocycles. The summed E-state index contributed by atoms with van der Waals surface area (Å²) in [6, 6.07) is 9.66. The van der Waals surface area contributed by atoms with E-state index in [-0.39, 0.29) is 42.2 Å². The van der Waals surface area contributed by atoms with E-state index in [1.165, 1.54) is 11.0 Å². The van der Waals surface area contributed by atoms with Gasteiger partial charge >= 0.3 is 0 Å². The molecule has 7 rings (SSSR count). The topological polar surface area (TPSA) is 166 Å². The normalized spacial score (nSPS) is 17.1. The lowest BCUT2D eigenvalue weighted by Crippen LogP contribution is -2.49. The van der Waals surface area contributed by atoms with Crippen molar-refractivity contribution in [2.24, 2.45) is 0 Å². The molecule has 5 heterocycles. The summed E-state index contributed by atoms with van der Waals surface area (Å²) in [5.41, 5.74) is 3.76. The van der Waals surface area contributed by atoms with Crippen molar-refractivity contribution in [3.8, 4) is 11.8 Å². The lowest BCUT2D eigenvalue weighted by Gasteiger charge is -2.36. The quantitative estimate of drug-likeness (QED) is 0.180. The van der Waals surface area contributed by atoms with Gasteiger partial charge in [-0.3, -0.25) is 34.0 Å². The highest BCUT2D eigenvalue weighted by Gasteiger charge is 2.28. The van der Waals surface area contributed by atoms with E-state index < -0.39 is 17.8 Å². The molecule has 2 fully saturated rings. The summed E-state index contributed by atoms with van der Waals surface area (Å²) in [4.78, 5) is 69.6. The Labute approximate surface area is 328 Å². The molecule has 0 aliphatic carbocycles. The van der Waals surface area contributed by atoms with E-state index in [2.05, 4.69) is 38.9 Å². The first-order chi connectivity index (χ1) is 27.5. The zero-order valence-corrected chi connectivity index (χ0v) is 31.9. The number of halogens is 1. The zero-order chi connectivity index (χ0) is 40.1. The average Bonchev–Trinajstić information content (AvgIpc) is 3.90. The number of hydrogen-bond acceptors (Lipinski definition) is 10.